The standard InChI is InChI=1S/C11H11FN2O2/c1-16-10-4-2-7(12)6-8(10)9-3-5-11(15)14-13-9/h2,4,6H,3,5H2,1H3,(H,14,15). The molecule has 0 aromatic heterocycles. The quantitative estimate of drug-likeness (QED) is 0.823. The van der Waals surface area contributed by atoms with E-state index in [9.17, 15) is 9.18 Å². The van der Waals surface area contributed by atoms with E-state index in [0.29, 0.717) is 29.9 Å². The van der Waals surface area contributed by atoms with Crippen molar-refractivity contribution in [3.05, 3.63) is 29.6 Å². The van der Waals surface area contributed by atoms with Crippen LogP contribution in [0.3, 0.4) is 0 Å². The van der Waals surface area contributed by atoms with Crippen LogP contribution in [-0.2, 0) is 4.79 Å². The highest BCUT2D eigenvalue weighted by Crippen LogP contribution is 2.22. The number of carbonyl (C=O) groups excluding carboxylic acids is 1. The first-order valence-corrected chi connectivity index (χ1v) is 4.90. The molecule has 5 heteroatoms. The summed E-state index contributed by atoms with van der Waals surface area (Å²) in [6, 6.07) is 4.23. The van der Waals surface area contributed by atoms with E-state index in [0.717, 1.165) is 0 Å². The van der Waals surface area contributed by atoms with E-state index in [1.54, 1.807) is 6.07 Å². The molecular formula is C11H11FN2O2. The Morgan fingerprint density at radius 3 is 2.88 bits per heavy atom. The second-order valence-corrected chi connectivity index (χ2v) is 3.44. The van der Waals surface area contributed by atoms with Crippen LogP contribution in [0.25, 0.3) is 0 Å². The third-order valence-corrected chi connectivity index (χ3v) is 2.38. The predicted octanol–water partition coefficient (Wildman–Crippen LogP) is 1.45. The van der Waals surface area contributed by atoms with Crippen LogP contribution >= 0.6 is 0 Å². The lowest BCUT2D eigenvalue weighted by Gasteiger charge is -2.14. The average molecular weight is 222 g/mol. The van der Waals surface area contributed by atoms with Gasteiger partial charge in [0, 0.05) is 18.4 Å². The second-order valence-electron chi connectivity index (χ2n) is 3.44. The van der Waals surface area contributed by atoms with Gasteiger partial charge in [0.25, 0.3) is 0 Å². The fraction of sp³-hybridized carbons (Fsp3) is 0.273. The predicted molar refractivity (Wildman–Crippen MR) is 56.9 cm³/mol. The molecule has 0 bridgehead atoms. The molecule has 0 saturated heterocycles. The van der Waals surface area contributed by atoms with E-state index in [-0.39, 0.29) is 11.7 Å². The SMILES string of the molecule is COc1ccc(F)cc1C1=NNC(=O)CC1. The van der Waals surface area contributed by atoms with Crippen LogP contribution in [-0.4, -0.2) is 18.7 Å². The van der Waals surface area contributed by atoms with Crippen molar-refractivity contribution in [1.82, 2.24) is 5.43 Å². The number of hydrazone groups is 1. The maximum Gasteiger partial charge on any atom is 0.240 e. The smallest absolute Gasteiger partial charge is 0.240 e. The van der Waals surface area contributed by atoms with Crippen LogP contribution in [0.15, 0.2) is 23.3 Å². The molecule has 1 amide bonds. The van der Waals surface area contributed by atoms with E-state index >= 15 is 0 Å². The lowest BCUT2D eigenvalue weighted by molar-refractivity contribution is -0.121. The van der Waals surface area contributed by atoms with Crippen molar-refractivity contribution in [2.24, 2.45) is 5.10 Å². The number of nitrogens with one attached hydrogen (secondary N) is 1. The number of amides is 1. The molecule has 0 spiro atoms. The highest BCUT2D eigenvalue weighted by atomic mass is 19.1. The number of carbonyl (C=O) groups is 1. The van der Waals surface area contributed by atoms with Gasteiger partial charge in [-0.3, -0.25) is 4.79 Å². The van der Waals surface area contributed by atoms with Crippen molar-refractivity contribution in [2.75, 3.05) is 7.11 Å². The van der Waals surface area contributed by atoms with Crippen molar-refractivity contribution < 1.29 is 13.9 Å². The van der Waals surface area contributed by atoms with Crippen molar-refractivity contribution in [3.8, 4) is 5.75 Å². The summed E-state index contributed by atoms with van der Waals surface area (Å²) in [5.41, 5.74) is 3.59. The largest absolute Gasteiger partial charge is 0.496 e. The van der Waals surface area contributed by atoms with Crippen molar-refractivity contribution in [1.29, 1.82) is 0 Å². The molecule has 0 atom stereocenters. The Bertz CT molecular complexity index is 457. The van der Waals surface area contributed by atoms with Gasteiger partial charge in [0.15, 0.2) is 0 Å². The summed E-state index contributed by atoms with van der Waals surface area (Å²) in [7, 11) is 1.51. The molecule has 1 aliphatic heterocycles. The van der Waals surface area contributed by atoms with Crippen LogP contribution < -0.4 is 10.2 Å². The molecular weight excluding hydrogens is 211 g/mol. The Hall–Kier alpha value is -1.91. The van der Waals surface area contributed by atoms with Gasteiger partial charge in [0.1, 0.15) is 11.6 Å². The molecule has 1 aliphatic rings. The third-order valence-electron chi connectivity index (χ3n) is 2.38. The molecule has 0 unspecified atom stereocenters. The van der Waals surface area contributed by atoms with Gasteiger partial charge in [-0.25, -0.2) is 9.82 Å². The Labute approximate surface area is 92.1 Å². The third kappa shape index (κ3) is 2.03. The van der Waals surface area contributed by atoms with Gasteiger partial charge >= 0.3 is 0 Å². The fourth-order valence-electron chi connectivity index (χ4n) is 1.57. The van der Waals surface area contributed by atoms with Crippen LogP contribution in [0.5, 0.6) is 5.75 Å². The highest BCUT2D eigenvalue weighted by Gasteiger charge is 2.17. The summed E-state index contributed by atoms with van der Waals surface area (Å²) in [4.78, 5) is 10.9. The zero-order valence-corrected chi connectivity index (χ0v) is 8.79. The van der Waals surface area contributed by atoms with E-state index in [1.807, 2.05) is 0 Å². The molecule has 0 radical (unpaired) electrons. The Morgan fingerprint density at radius 2 is 2.25 bits per heavy atom. The minimum atomic E-state index is -0.351. The zero-order chi connectivity index (χ0) is 11.5. The van der Waals surface area contributed by atoms with Crippen molar-refractivity contribution in [3.63, 3.8) is 0 Å². The topological polar surface area (TPSA) is 50.7 Å². The number of rotatable bonds is 2. The van der Waals surface area contributed by atoms with Gasteiger partial charge in [-0.2, -0.15) is 5.10 Å². The summed E-state index contributed by atoms with van der Waals surface area (Å²) in [5.74, 6) is 0.0748. The fourth-order valence-corrected chi connectivity index (χ4v) is 1.57. The molecule has 0 saturated carbocycles. The van der Waals surface area contributed by atoms with Crippen molar-refractivity contribution >= 4 is 11.6 Å². The number of benzene rings is 1. The summed E-state index contributed by atoms with van der Waals surface area (Å²) in [5, 5.41) is 3.90. The van der Waals surface area contributed by atoms with Gasteiger partial charge in [-0.05, 0) is 18.2 Å². The second kappa shape index (κ2) is 4.30. The Kier molecular flexibility index (Phi) is 2.85. The van der Waals surface area contributed by atoms with E-state index in [4.69, 9.17) is 4.74 Å². The maximum absolute atomic E-state index is 13.1. The first kappa shape index (κ1) is 10.6. The first-order valence-electron chi connectivity index (χ1n) is 4.90. The molecule has 1 aromatic carbocycles. The lowest BCUT2D eigenvalue weighted by atomic mass is 10.0. The zero-order valence-electron chi connectivity index (χ0n) is 8.79. The number of hydrogen-bond acceptors (Lipinski definition) is 3. The van der Waals surface area contributed by atoms with Gasteiger partial charge in [0.2, 0.25) is 5.91 Å². The number of ether oxygens (including phenoxy) is 1. The van der Waals surface area contributed by atoms with E-state index in [1.165, 1.54) is 19.2 Å². The number of hydrogen-bond donors (Lipinski definition) is 1. The summed E-state index contributed by atoms with van der Waals surface area (Å²) in [6.07, 6.45) is 0.851. The molecule has 1 N–H and O–H groups in total. The summed E-state index contributed by atoms with van der Waals surface area (Å²) < 4.78 is 18.2. The molecule has 0 aliphatic carbocycles. The monoisotopic (exact) mass is 222 g/mol. The van der Waals surface area contributed by atoms with Crippen LogP contribution in [0.4, 0.5) is 4.39 Å². The summed E-state index contributed by atoms with van der Waals surface area (Å²) >= 11 is 0. The van der Waals surface area contributed by atoms with Crippen LogP contribution in [0.2, 0.25) is 0 Å². The molecule has 0 fully saturated rings. The number of methoxy groups -OCH3 is 1. The minimum absolute atomic E-state index is 0.126. The highest BCUT2D eigenvalue weighted by molar-refractivity contribution is 6.06. The molecule has 1 aromatic rings. The van der Waals surface area contributed by atoms with E-state index < -0.39 is 0 Å². The summed E-state index contributed by atoms with van der Waals surface area (Å²) in [6.45, 7) is 0. The van der Waals surface area contributed by atoms with Gasteiger partial charge in [-0.15, -0.1) is 0 Å². The van der Waals surface area contributed by atoms with Gasteiger partial charge in [0.05, 0.1) is 12.8 Å². The molecule has 2 rings (SSSR count). The molecule has 16 heavy (non-hydrogen) atoms. The maximum atomic E-state index is 13.1. The Morgan fingerprint density at radius 1 is 1.44 bits per heavy atom. The van der Waals surface area contributed by atoms with Crippen molar-refractivity contribution in [2.45, 2.75) is 12.8 Å². The minimum Gasteiger partial charge on any atom is -0.496 e. The average Bonchev–Trinajstić information content (AvgIpc) is 2.30. The molecule has 4 nitrogen and oxygen atoms in total. The molecule has 1 heterocycles. The van der Waals surface area contributed by atoms with Gasteiger partial charge in [-0.1, -0.05) is 0 Å². The number of nitrogens with zero attached hydrogens (tertiary/aromatic N) is 1. The van der Waals surface area contributed by atoms with Gasteiger partial charge < -0.3 is 4.74 Å². The first-order chi connectivity index (χ1) is 7.70. The Balaban J connectivity index is 2.39. The normalized spacial score (nSPS) is 15.4. The molecule has 84 valence electrons. The van der Waals surface area contributed by atoms with E-state index in [2.05, 4.69) is 10.5 Å². The number of halogens is 1. The lowest BCUT2D eigenvalue weighted by Crippen LogP contribution is -2.26. The van der Waals surface area contributed by atoms with Crippen LogP contribution in [0.1, 0.15) is 18.4 Å². The van der Waals surface area contributed by atoms with Crippen LogP contribution in [0, 0.1) is 5.82 Å².